The van der Waals surface area contributed by atoms with Crippen molar-refractivity contribution in [1.29, 1.82) is 0 Å². The van der Waals surface area contributed by atoms with Crippen LogP contribution in [0.25, 0.3) is 0 Å². The smallest absolute Gasteiger partial charge is 0.310 e. The molecule has 1 N–H and O–H groups in total. The van der Waals surface area contributed by atoms with Gasteiger partial charge in [0.05, 0.1) is 12.5 Å². The van der Waals surface area contributed by atoms with Gasteiger partial charge in [0.15, 0.2) is 0 Å². The van der Waals surface area contributed by atoms with Gasteiger partial charge < -0.3 is 10.1 Å². The van der Waals surface area contributed by atoms with Gasteiger partial charge in [-0.1, -0.05) is 19.8 Å². The number of carbonyl (C=O) groups excluding carboxylic acids is 1. The van der Waals surface area contributed by atoms with Crippen LogP contribution in [0.15, 0.2) is 0 Å². The fourth-order valence-electron chi connectivity index (χ4n) is 2.21. The number of unbranched alkanes of at least 4 members (excludes halogenated alkanes) is 1. The molecule has 0 spiro atoms. The molecule has 2 unspecified atom stereocenters. The molecule has 3 nitrogen and oxygen atoms in total. The predicted octanol–water partition coefficient (Wildman–Crippen LogP) is 2.11. The first-order valence-electron chi connectivity index (χ1n) is 6.19. The van der Waals surface area contributed by atoms with Crippen molar-refractivity contribution < 1.29 is 9.53 Å². The minimum Gasteiger partial charge on any atom is -0.466 e. The number of hydrogen-bond donors (Lipinski definition) is 1. The average Bonchev–Trinajstić information content (AvgIpc) is 2.27. The van der Waals surface area contributed by atoms with E-state index in [1.807, 2.05) is 6.92 Å². The van der Waals surface area contributed by atoms with Crippen molar-refractivity contribution in [3.05, 3.63) is 0 Å². The first kappa shape index (κ1) is 12.5. The molecule has 0 aromatic carbocycles. The Morgan fingerprint density at radius 1 is 1.47 bits per heavy atom. The van der Waals surface area contributed by atoms with Gasteiger partial charge in [-0.3, -0.25) is 4.79 Å². The van der Waals surface area contributed by atoms with E-state index in [-0.39, 0.29) is 11.9 Å². The van der Waals surface area contributed by atoms with Crippen molar-refractivity contribution in [3.63, 3.8) is 0 Å². The van der Waals surface area contributed by atoms with E-state index in [1.54, 1.807) is 0 Å². The van der Waals surface area contributed by atoms with Gasteiger partial charge >= 0.3 is 5.97 Å². The van der Waals surface area contributed by atoms with E-state index in [1.165, 1.54) is 12.8 Å². The number of esters is 1. The molecule has 3 heteroatoms. The molecule has 1 heterocycles. The number of rotatable bonds is 5. The van der Waals surface area contributed by atoms with Gasteiger partial charge in [-0.05, 0) is 32.7 Å². The lowest BCUT2D eigenvalue weighted by Gasteiger charge is -2.31. The van der Waals surface area contributed by atoms with Crippen molar-refractivity contribution in [2.45, 2.75) is 52.0 Å². The van der Waals surface area contributed by atoms with E-state index in [9.17, 15) is 4.79 Å². The second kappa shape index (κ2) is 6.83. The summed E-state index contributed by atoms with van der Waals surface area (Å²) in [6.45, 7) is 5.59. The number of nitrogens with one attached hydrogen (secondary N) is 1. The molecular weight excluding hydrogens is 190 g/mol. The van der Waals surface area contributed by atoms with Crippen LogP contribution in [0.1, 0.15) is 46.0 Å². The Morgan fingerprint density at radius 2 is 2.27 bits per heavy atom. The van der Waals surface area contributed by atoms with Crippen LogP contribution in [0.4, 0.5) is 0 Å². The highest BCUT2D eigenvalue weighted by molar-refractivity contribution is 5.73. The van der Waals surface area contributed by atoms with Crippen molar-refractivity contribution in [2.24, 2.45) is 5.92 Å². The fourth-order valence-corrected chi connectivity index (χ4v) is 2.21. The number of carbonyl (C=O) groups is 1. The van der Waals surface area contributed by atoms with Gasteiger partial charge in [-0.25, -0.2) is 0 Å². The molecule has 0 aromatic heterocycles. The molecule has 0 bridgehead atoms. The summed E-state index contributed by atoms with van der Waals surface area (Å²) in [4.78, 5) is 11.7. The zero-order chi connectivity index (χ0) is 11.1. The Labute approximate surface area is 92.6 Å². The maximum absolute atomic E-state index is 11.7. The molecule has 88 valence electrons. The maximum Gasteiger partial charge on any atom is 0.310 e. The monoisotopic (exact) mass is 213 g/mol. The summed E-state index contributed by atoms with van der Waals surface area (Å²) in [6.07, 6.45) is 5.55. The van der Waals surface area contributed by atoms with Gasteiger partial charge in [0.25, 0.3) is 0 Å². The molecule has 1 aliphatic rings. The normalized spacial score (nSPS) is 26.3. The second-order valence-corrected chi connectivity index (χ2v) is 4.20. The lowest BCUT2D eigenvalue weighted by atomic mass is 9.88. The lowest BCUT2D eigenvalue weighted by Crippen LogP contribution is -2.45. The molecule has 1 saturated heterocycles. The van der Waals surface area contributed by atoms with Gasteiger partial charge in [-0.2, -0.15) is 0 Å². The fraction of sp³-hybridized carbons (Fsp3) is 0.917. The Balaban J connectivity index is 2.45. The SMILES string of the molecule is CCCCC1NCCCC1C(=O)OCC. The third kappa shape index (κ3) is 3.82. The first-order chi connectivity index (χ1) is 7.29. The maximum atomic E-state index is 11.7. The molecule has 1 aliphatic heterocycles. The van der Waals surface area contributed by atoms with Crippen LogP contribution in [0, 0.1) is 5.92 Å². The van der Waals surface area contributed by atoms with Crippen molar-refractivity contribution in [2.75, 3.05) is 13.2 Å². The largest absolute Gasteiger partial charge is 0.466 e. The third-order valence-electron chi connectivity index (χ3n) is 3.04. The number of hydrogen-bond acceptors (Lipinski definition) is 3. The summed E-state index contributed by atoms with van der Waals surface area (Å²) in [7, 11) is 0. The van der Waals surface area contributed by atoms with E-state index in [4.69, 9.17) is 4.74 Å². The Kier molecular flexibility index (Phi) is 5.69. The third-order valence-corrected chi connectivity index (χ3v) is 3.04. The summed E-state index contributed by atoms with van der Waals surface area (Å²) in [5.41, 5.74) is 0. The van der Waals surface area contributed by atoms with Crippen molar-refractivity contribution >= 4 is 5.97 Å². The van der Waals surface area contributed by atoms with Gasteiger partial charge in [0.2, 0.25) is 0 Å². The van der Waals surface area contributed by atoms with Crippen molar-refractivity contribution in [1.82, 2.24) is 5.32 Å². The Hall–Kier alpha value is -0.570. The van der Waals surface area contributed by atoms with Crippen LogP contribution < -0.4 is 5.32 Å². The van der Waals surface area contributed by atoms with E-state index < -0.39 is 0 Å². The summed E-state index contributed by atoms with van der Waals surface area (Å²) >= 11 is 0. The summed E-state index contributed by atoms with van der Waals surface area (Å²) in [5, 5.41) is 3.44. The van der Waals surface area contributed by atoms with Gasteiger partial charge in [0.1, 0.15) is 0 Å². The summed E-state index contributed by atoms with van der Waals surface area (Å²) in [5.74, 6) is 0.0797. The molecule has 1 fully saturated rings. The van der Waals surface area contributed by atoms with Crippen LogP contribution in [0.3, 0.4) is 0 Å². The average molecular weight is 213 g/mol. The molecule has 2 atom stereocenters. The zero-order valence-electron chi connectivity index (χ0n) is 9.92. The molecular formula is C12H23NO2. The second-order valence-electron chi connectivity index (χ2n) is 4.20. The van der Waals surface area contributed by atoms with E-state index in [0.717, 1.165) is 25.8 Å². The van der Waals surface area contributed by atoms with E-state index in [2.05, 4.69) is 12.2 Å². The van der Waals surface area contributed by atoms with Crippen LogP contribution in [0.2, 0.25) is 0 Å². The van der Waals surface area contributed by atoms with Gasteiger partial charge in [0, 0.05) is 6.04 Å². The topological polar surface area (TPSA) is 38.3 Å². The highest BCUT2D eigenvalue weighted by Gasteiger charge is 2.30. The molecule has 0 amide bonds. The molecule has 0 saturated carbocycles. The quantitative estimate of drug-likeness (QED) is 0.711. The van der Waals surface area contributed by atoms with Gasteiger partial charge in [-0.15, -0.1) is 0 Å². The summed E-state index contributed by atoms with van der Waals surface area (Å²) < 4.78 is 5.11. The molecule has 0 aliphatic carbocycles. The summed E-state index contributed by atoms with van der Waals surface area (Å²) in [6, 6.07) is 0.345. The Bertz CT molecular complexity index is 194. The molecule has 15 heavy (non-hydrogen) atoms. The lowest BCUT2D eigenvalue weighted by molar-refractivity contribution is -0.150. The van der Waals surface area contributed by atoms with Crippen molar-refractivity contribution in [3.8, 4) is 0 Å². The molecule has 0 radical (unpaired) electrons. The first-order valence-corrected chi connectivity index (χ1v) is 6.19. The highest BCUT2D eigenvalue weighted by atomic mass is 16.5. The van der Waals surface area contributed by atoms with E-state index >= 15 is 0 Å². The van der Waals surface area contributed by atoms with Crippen LogP contribution in [0.5, 0.6) is 0 Å². The van der Waals surface area contributed by atoms with Crippen LogP contribution in [-0.2, 0) is 9.53 Å². The highest BCUT2D eigenvalue weighted by Crippen LogP contribution is 2.21. The molecule has 0 aromatic rings. The number of ether oxygens (including phenoxy) is 1. The van der Waals surface area contributed by atoms with Crippen LogP contribution >= 0.6 is 0 Å². The zero-order valence-corrected chi connectivity index (χ0v) is 9.92. The standard InChI is InChI=1S/C12H23NO2/c1-3-5-8-11-10(7-6-9-13-11)12(14)15-4-2/h10-11,13H,3-9H2,1-2H3. The Morgan fingerprint density at radius 3 is 2.93 bits per heavy atom. The predicted molar refractivity (Wildman–Crippen MR) is 60.7 cm³/mol. The minimum absolute atomic E-state index is 0.00852. The molecule has 1 rings (SSSR count). The van der Waals surface area contributed by atoms with E-state index in [0.29, 0.717) is 12.6 Å². The minimum atomic E-state index is -0.00852. The number of piperidine rings is 1. The van der Waals surface area contributed by atoms with Crippen LogP contribution in [-0.4, -0.2) is 25.2 Å².